The Morgan fingerprint density at radius 2 is 1.56 bits per heavy atom. The average molecular weight is 637 g/mol. The Hall–Kier alpha value is -2.82. The maximum atomic E-state index is 11.1. The van der Waals surface area contributed by atoms with Gasteiger partial charge in [-0.3, -0.25) is 0 Å². The predicted octanol–water partition coefficient (Wildman–Crippen LogP) is 9.27. The molecule has 3 nitrogen and oxygen atoms in total. The zero-order valence-corrected chi connectivity index (χ0v) is 24.9. The van der Waals surface area contributed by atoms with Crippen molar-refractivity contribution in [2.24, 2.45) is 0 Å². The molecule has 194 valence electrons. The molecular formula is C32H23Cl3N2OSe. The standard InChI is InChI=1S/C32H23Cl3N2OSe/c1-39-18-30(38)29-16-23(35)15-28-26(27-14-22(34)9-12-25(27)31(28)29)13-20-17-37(24-10-7-21(33)8-11-24)36-32(20)19-5-3-2-4-6-19/h2-17,30,38H,18H2,1H3. The Kier molecular flexibility index (Phi) is 7.43. The second-order valence-electron chi connectivity index (χ2n) is 9.36. The summed E-state index contributed by atoms with van der Waals surface area (Å²) in [6.45, 7) is 0. The Labute approximate surface area is 248 Å². The molecule has 0 aliphatic heterocycles. The van der Waals surface area contributed by atoms with Gasteiger partial charge in [-0.25, -0.2) is 0 Å². The molecule has 1 aromatic heterocycles. The summed E-state index contributed by atoms with van der Waals surface area (Å²) in [5.74, 6) is 2.13. The first-order valence-corrected chi connectivity index (χ1v) is 16.4. The van der Waals surface area contributed by atoms with E-state index in [9.17, 15) is 5.11 Å². The molecular weight excluding hydrogens is 614 g/mol. The third-order valence-corrected chi connectivity index (χ3v) is 8.90. The Bertz CT molecular complexity index is 1710. The Balaban J connectivity index is 1.60. The minimum atomic E-state index is -0.585. The van der Waals surface area contributed by atoms with Crippen LogP contribution < -0.4 is 0 Å². The fourth-order valence-electron chi connectivity index (χ4n) is 5.10. The zero-order chi connectivity index (χ0) is 27.1. The quantitative estimate of drug-likeness (QED) is 0.185. The van der Waals surface area contributed by atoms with Crippen molar-refractivity contribution in [3.8, 4) is 28.1 Å². The van der Waals surface area contributed by atoms with Gasteiger partial charge >= 0.3 is 215 Å². The van der Waals surface area contributed by atoms with Crippen LogP contribution in [0, 0.1) is 0 Å². The number of hydrogen-bond acceptors (Lipinski definition) is 2. The molecule has 0 bridgehead atoms. The molecule has 7 heteroatoms. The first-order valence-electron chi connectivity index (χ1n) is 12.4. The van der Waals surface area contributed by atoms with Crippen molar-refractivity contribution in [1.82, 2.24) is 9.78 Å². The average Bonchev–Trinajstić information content (AvgIpc) is 3.49. The third-order valence-electron chi connectivity index (χ3n) is 6.83. The van der Waals surface area contributed by atoms with Gasteiger partial charge in [0, 0.05) is 5.02 Å². The van der Waals surface area contributed by atoms with E-state index in [-0.39, 0.29) is 0 Å². The van der Waals surface area contributed by atoms with E-state index < -0.39 is 6.10 Å². The predicted molar refractivity (Wildman–Crippen MR) is 164 cm³/mol. The van der Waals surface area contributed by atoms with Gasteiger partial charge < -0.3 is 0 Å². The molecule has 1 aliphatic carbocycles. The molecule has 5 aromatic rings. The van der Waals surface area contributed by atoms with E-state index in [1.54, 1.807) is 0 Å². The Morgan fingerprint density at radius 3 is 2.31 bits per heavy atom. The van der Waals surface area contributed by atoms with Crippen molar-refractivity contribution < 1.29 is 5.11 Å². The summed E-state index contributed by atoms with van der Waals surface area (Å²) < 4.78 is 1.87. The number of rotatable bonds is 6. The van der Waals surface area contributed by atoms with Crippen LogP contribution >= 0.6 is 34.8 Å². The van der Waals surface area contributed by atoms with E-state index >= 15 is 0 Å². The molecule has 0 amide bonds. The Morgan fingerprint density at radius 1 is 0.846 bits per heavy atom. The first kappa shape index (κ1) is 26.4. The van der Waals surface area contributed by atoms with Gasteiger partial charge in [0.2, 0.25) is 0 Å². The fraction of sp³-hybridized carbons (Fsp3) is 0.0938. The number of aromatic nitrogens is 2. The van der Waals surface area contributed by atoms with Crippen molar-refractivity contribution in [3.63, 3.8) is 0 Å². The van der Waals surface area contributed by atoms with Crippen LogP contribution in [-0.4, -0.2) is 29.8 Å². The zero-order valence-electron chi connectivity index (χ0n) is 20.9. The van der Waals surface area contributed by atoms with Crippen molar-refractivity contribution in [3.05, 3.63) is 128 Å². The van der Waals surface area contributed by atoms with Gasteiger partial charge in [0.25, 0.3) is 0 Å². The molecule has 39 heavy (non-hydrogen) atoms. The summed E-state index contributed by atoms with van der Waals surface area (Å²) in [6.07, 6.45) is 3.59. The molecule has 1 unspecified atom stereocenters. The van der Waals surface area contributed by atoms with Gasteiger partial charge in [0.15, 0.2) is 0 Å². The van der Waals surface area contributed by atoms with Gasteiger partial charge in [-0.05, 0) is 12.1 Å². The maximum absolute atomic E-state index is 11.1. The van der Waals surface area contributed by atoms with Crippen LogP contribution in [0.2, 0.25) is 26.2 Å². The minimum absolute atomic E-state index is 0.315. The van der Waals surface area contributed by atoms with Crippen molar-refractivity contribution >= 4 is 61.4 Å². The third kappa shape index (κ3) is 5.10. The van der Waals surface area contributed by atoms with E-state index in [4.69, 9.17) is 39.9 Å². The molecule has 1 atom stereocenters. The van der Waals surface area contributed by atoms with Gasteiger partial charge in [0.05, 0.1) is 0 Å². The fourth-order valence-corrected chi connectivity index (χ4v) is 6.67. The monoisotopic (exact) mass is 636 g/mol. The second kappa shape index (κ2) is 11.0. The van der Waals surface area contributed by atoms with E-state index in [1.165, 1.54) is 0 Å². The van der Waals surface area contributed by atoms with Crippen LogP contribution in [0.15, 0.2) is 91.1 Å². The van der Waals surface area contributed by atoms with E-state index in [0.717, 1.165) is 55.9 Å². The summed E-state index contributed by atoms with van der Waals surface area (Å²) >= 11 is 19.6. The molecule has 1 heterocycles. The topological polar surface area (TPSA) is 38.0 Å². The SMILES string of the molecule is C[Se]CC(O)c1cc(Cl)cc2c1-c1ccc(Cl)cc1C2=Cc1cn(-c2ccc(Cl)cc2)nc1-c1ccccc1. The van der Waals surface area contributed by atoms with Gasteiger partial charge in [-0.1, -0.05) is 17.7 Å². The van der Waals surface area contributed by atoms with Gasteiger partial charge in [-0.2, -0.15) is 0 Å². The van der Waals surface area contributed by atoms with Crippen molar-refractivity contribution in [1.29, 1.82) is 0 Å². The summed E-state index contributed by atoms with van der Waals surface area (Å²) in [6, 6.07) is 27.5. The van der Waals surface area contributed by atoms with Gasteiger partial charge in [-0.15, -0.1) is 0 Å². The summed E-state index contributed by atoms with van der Waals surface area (Å²) in [4.78, 5) is 0. The molecule has 0 saturated carbocycles. The summed E-state index contributed by atoms with van der Waals surface area (Å²) in [5, 5.41) is 18.7. The second-order valence-corrected chi connectivity index (χ2v) is 12.6. The number of fused-ring (bicyclic) bond motifs is 3. The number of benzene rings is 4. The molecule has 1 N–H and O–H groups in total. The number of nitrogens with zero attached hydrogens (tertiary/aromatic N) is 2. The van der Waals surface area contributed by atoms with Crippen LogP contribution in [0.5, 0.6) is 0 Å². The molecule has 4 aromatic carbocycles. The number of halogens is 3. The van der Waals surface area contributed by atoms with Crippen LogP contribution in [0.4, 0.5) is 0 Å². The molecule has 6 rings (SSSR count). The molecule has 0 radical (unpaired) electrons. The summed E-state index contributed by atoms with van der Waals surface area (Å²) in [7, 11) is 0. The van der Waals surface area contributed by atoms with E-state index in [0.29, 0.717) is 35.3 Å². The molecule has 1 aliphatic rings. The summed E-state index contributed by atoms with van der Waals surface area (Å²) in [5.41, 5.74) is 9.61. The normalized spacial score (nSPS) is 13.9. The van der Waals surface area contributed by atoms with Crippen LogP contribution in [0.1, 0.15) is 28.4 Å². The molecule has 0 spiro atoms. The van der Waals surface area contributed by atoms with E-state index in [2.05, 4.69) is 24.0 Å². The van der Waals surface area contributed by atoms with Crippen molar-refractivity contribution in [2.75, 3.05) is 0 Å². The van der Waals surface area contributed by atoms with E-state index in [1.807, 2.05) is 83.7 Å². The number of aliphatic hydroxyl groups excluding tert-OH is 1. The molecule has 0 saturated heterocycles. The van der Waals surface area contributed by atoms with Crippen LogP contribution in [0.25, 0.3) is 39.7 Å². The van der Waals surface area contributed by atoms with Crippen molar-refractivity contribution in [2.45, 2.75) is 17.2 Å². The van der Waals surface area contributed by atoms with Gasteiger partial charge in [0.1, 0.15) is 0 Å². The van der Waals surface area contributed by atoms with Crippen LogP contribution in [-0.2, 0) is 0 Å². The molecule has 0 fully saturated rings. The number of hydrogen-bond donors (Lipinski definition) is 1. The number of aliphatic hydroxyl groups is 1. The first-order chi connectivity index (χ1) is 18.9. The van der Waals surface area contributed by atoms with Crippen LogP contribution in [0.3, 0.4) is 0 Å².